The summed E-state index contributed by atoms with van der Waals surface area (Å²) in [6.45, 7) is 6.22. The predicted octanol–water partition coefficient (Wildman–Crippen LogP) is 4.02. The predicted molar refractivity (Wildman–Crippen MR) is 95.7 cm³/mol. The molecule has 4 heteroatoms. The molecule has 0 aliphatic carbocycles. The molecule has 0 fully saturated rings. The fourth-order valence-electron chi connectivity index (χ4n) is 3.03. The van der Waals surface area contributed by atoms with Crippen molar-refractivity contribution in [2.75, 3.05) is 19.1 Å². The standard InChI is InChI=1S/C20H22N2O2/c1-13-8-17(9-14(2)20(13)24-5)12-22(4)19-10-16(11-21)6-7-18(19)15(3)23/h6-10H,12H2,1-5H3. The quantitative estimate of drug-likeness (QED) is 0.780. The van der Waals surface area contributed by atoms with E-state index in [-0.39, 0.29) is 5.78 Å². The van der Waals surface area contributed by atoms with Crippen molar-refractivity contribution in [3.05, 3.63) is 58.1 Å². The zero-order chi connectivity index (χ0) is 17.9. The van der Waals surface area contributed by atoms with Gasteiger partial charge in [0.25, 0.3) is 0 Å². The van der Waals surface area contributed by atoms with Crippen molar-refractivity contribution in [2.45, 2.75) is 27.3 Å². The molecule has 0 spiro atoms. The van der Waals surface area contributed by atoms with Crippen LogP contribution in [0, 0.1) is 25.2 Å². The Balaban J connectivity index is 2.38. The van der Waals surface area contributed by atoms with Gasteiger partial charge in [0.15, 0.2) is 5.78 Å². The van der Waals surface area contributed by atoms with Crippen LogP contribution in [0.25, 0.3) is 0 Å². The van der Waals surface area contributed by atoms with E-state index in [4.69, 9.17) is 10.00 Å². The molecule has 0 atom stereocenters. The van der Waals surface area contributed by atoms with Gasteiger partial charge < -0.3 is 9.64 Å². The van der Waals surface area contributed by atoms with Gasteiger partial charge in [-0.05, 0) is 55.7 Å². The molecule has 0 aliphatic rings. The Bertz CT molecular complexity index is 796. The molecule has 0 aliphatic heterocycles. The number of hydrogen-bond acceptors (Lipinski definition) is 4. The third-order valence-electron chi connectivity index (χ3n) is 4.06. The lowest BCUT2D eigenvalue weighted by Gasteiger charge is -2.23. The number of carbonyl (C=O) groups excluding carboxylic acids is 1. The molecule has 2 aromatic carbocycles. The topological polar surface area (TPSA) is 53.3 Å². The molecular weight excluding hydrogens is 300 g/mol. The highest BCUT2D eigenvalue weighted by Gasteiger charge is 2.14. The number of methoxy groups -OCH3 is 1. The molecule has 0 bridgehead atoms. The van der Waals surface area contributed by atoms with Crippen molar-refractivity contribution in [2.24, 2.45) is 0 Å². The molecule has 0 amide bonds. The molecule has 24 heavy (non-hydrogen) atoms. The number of ether oxygens (including phenoxy) is 1. The van der Waals surface area contributed by atoms with E-state index in [0.717, 1.165) is 28.1 Å². The van der Waals surface area contributed by atoms with Gasteiger partial charge in [-0.15, -0.1) is 0 Å². The van der Waals surface area contributed by atoms with Crippen molar-refractivity contribution in [1.29, 1.82) is 5.26 Å². The monoisotopic (exact) mass is 322 g/mol. The minimum Gasteiger partial charge on any atom is -0.496 e. The molecular formula is C20H22N2O2. The van der Waals surface area contributed by atoms with Crippen molar-refractivity contribution in [3.63, 3.8) is 0 Å². The van der Waals surface area contributed by atoms with E-state index in [2.05, 4.69) is 18.2 Å². The van der Waals surface area contributed by atoms with E-state index in [9.17, 15) is 4.79 Å². The summed E-state index contributed by atoms with van der Waals surface area (Å²) >= 11 is 0. The zero-order valence-electron chi connectivity index (χ0n) is 14.8. The second kappa shape index (κ2) is 7.18. The van der Waals surface area contributed by atoms with Gasteiger partial charge in [0.2, 0.25) is 0 Å². The number of nitriles is 1. The van der Waals surface area contributed by atoms with E-state index < -0.39 is 0 Å². The fraction of sp³-hybridized carbons (Fsp3) is 0.300. The van der Waals surface area contributed by atoms with Gasteiger partial charge in [-0.3, -0.25) is 4.79 Å². The van der Waals surface area contributed by atoms with Gasteiger partial charge in [0.05, 0.1) is 18.7 Å². The average Bonchev–Trinajstić information content (AvgIpc) is 2.53. The number of hydrogen-bond donors (Lipinski definition) is 0. The van der Waals surface area contributed by atoms with Crippen LogP contribution < -0.4 is 9.64 Å². The van der Waals surface area contributed by atoms with Gasteiger partial charge in [-0.2, -0.15) is 5.26 Å². The van der Waals surface area contributed by atoms with Crippen molar-refractivity contribution in [1.82, 2.24) is 0 Å². The van der Waals surface area contributed by atoms with Gasteiger partial charge in [0.1, 0.15) is 5.75 Å². The largest absolute Gasteiger partial charge is 0.496 e. The number of benzene rings is 2. The van der Waals surface area contributed by atoms with Crippen molar-refractivity contribution in [3.8, 4) is 11.8 Å². The van der Waals surface area contributed by atoms with Gasteiger partial charge in [-0.1, -0.05) is 12.1 Å². The highest BCUT2D eigenvalue weighted by atomic mass is 16.5. The summed E-state index contributed by atoms with van der Waals surface area (Å²) in [6.07, 6.45) is 0. The number of anilines is 1. The van der Waals surface area contributed by atoms with E-state index in [1.807, 2.05) is 25.8 Å². The molecule has 0 N–H and O–H groups in total. The maximum atomic E-state index is 11.9. The second-order valence-electron chi connectivity index (χ2n) is 6.02. The number of Topliss-reactive ketones (excluding diaryl/α,β-unsaturated/α-hetero) is 1. The Morgan fingerprint density at radius 3 is 2.33 bits per heavy atom. The van der Waals surface area contributed by atoms with Gasteiger partial charge in [-0.25, -0.2) is 0 Å². The van der Waals surface area contributed by atoms with E-state index >= 15 is 0 Å². The normalized spacial score (nSPS) is 10.2. The molecule has 0 heterocycles. The Labute approximate surface area is 143 Å². The number of rotatable bonds is 5. The minimum atomic E-state index is -0.0107. The second-order valence-corrected chi connectivity index (χ2v) is 6.02. The van der Waals surface area contributed by atoms with Crippen LogP contribution in [0.3, 0.4) is 0 Å². The number of nitrogens with zero attached hydrogens (tertiary/aromatic N) is 2. The first kappa shape index (κ1) is 17.6. The Kier molecular flexibility index (Phi) is 5.25. The first-order chi connectivity index (χ1) is 11.4. The zero-order valence-corrected chi connectivity index (χ0v) is 14.8. The first-order valence-electron chi connectivity index (χ1n) is 7.77. The van der Waals surface area contributed by atoms with Crippen LogP contribution in [0.4, 0.5) is 5.69 Å². The molecule has 0 saturated heterocycles. The Morgan fingerprint density at radius 2 is 1.83 bits per heavy atom. The van der Waals surface area contributed by atoms with Gasteiger partial charge >= 0.3 is 0 Å². The molecule has 0 unspecified atom stereocenters. The summed E-state index contributed by atoms with van der Waals surface area (Å²) in [7, 11) is 3.60. The summed E-state index contributed by atoms with van der Waals surface area (Å²) in [5.41, 5.74) is 5.23. The van der Waals surface area contributed by atoms with Crippen LogP contribution in [0.15, 0.2) is 30.3 Å². The molecule has 0 radical (unpaired) electrons. The Hall–Kier alpha value is -2.80. The summed E-state index contributed by atoms with van der Waals surface area (Å²) in [6, 6.07) is 11.5. The molecule has 2 rings (SSSR count). The molecule has 4 nitrogen and oxygen atoms in total. The highest BCUT2D eigenvalue weighted by molar-refractivity contribution is 6.00. The molecule has 124 valence electrons. The Morgan fingerprint density at radius 1 is 1.21 bits per heavy atom. The molecule has 0 aromatic heterocycles. The lowest BCUT2D eigenvalue weighted by atomic mass is 10.0. The van der Waals surface area contributed by atoms with Crippen LogP contribution in [0.1, 0.15) is 39.5 Å². The summed E-state index contributed by atoms with van der Waals surface area (Å²) in [4.78, 5) is 13.9. The summed E-state index contributed by atoms with van der Waals surface area (Å²) < 4.78 is 5.41. The van der Waals surface area contributed by atoms with Crippen LogP contribution in [-0.2, 0) is 6.54 Å². The smallest absolute Gasteiger partial charge is 0.161 e. The van der Waals surface area contributed by atoms with Crippen LogP contribution in [0.5, 0.6) is 5.75 Å². The SMILES string of the molecule is COc1c(C)cc(CN(C)c2cc(C#N)ccc2C(C)=O)cc1C. The first-order valence-corrected chi connectivity index (χ1v) is 7.77. The number of aryl methyl sites for hydroxylation is 2. The van der Waals surface area contributed by atoms with E-state index in [1.54, 1.807) is 32.2 Å². The van der Waals surface area contributed by atoms with E-state index in [1.165, 1.54) is 0 Å². The third-order valence-corrected chi connectivity index (χ3v) is 4.06. The number of ketones is 1. The fourth-order valence-corrected chi connectivity index (χ4v) is 3.03. The highest BCUT2D eigenvalue weighted by Crippen LogP contribution is 2.27. The average molecular weight is 322 g/mol. The maximum Gasteiger partial charge on any atom is 0.161 e. The maximum absolute atomic E-state index is 11.9. The van der Waals surface area contributed by atoms with E-state index in [0.29, 0.717) is 17.7 Å². The molecule has 2 aromatic rings. The molecule has 0 saturated carbocycles. The van der Waals surface area contributed by atoms with Crippen LogP contribution in [0.2, 0.25) is 0 Å². The summed E-state index contributed by atoms with van der Waals surface area (Å²) in [5, 5.41) is 9.13. The lowest BCUT2D eigenvalue weighted by molar-refractivity contribution is 0.101. The van der Waals surface area contributed by atoms with Crippen molar-refractivity contribution < 1.29 is 9.53 Å². The lowest BCUT2D eigenvalue weighted by Crippen LogP contribution is -2.19. The number of carbonyl (C=O) groups is 1. The summed E-state index contributed by atoms with van der Waals surface area (Å²) in [5.74, 6) is 0.890. The van der Waals surface area contributed by atoms with Crippen LogP contribution >= 0.6 is 0 Å². The third kappa shape index (κ3) is 3.57. The van der Waals surface area contributed by atoms with Gasteiger partial charge in [0, 0.05) is 24.8 Å². The van der Waals surface area contributed by atoms with Crippen LogP contribution in [-0.4, -0.2) is 19.9 Å². The minimum absolute atomic E-state index is 0.0107. The van der Waals surface area contributed by atoms with Crippen molar-refractivity contribution >= 4 is 11.5 Å².